The average molecular weight is 294 g/mol. The minimum atomic E-state index is -0.425. The Hall–Kier alpha value is -1.36. The first-order valence-corrected chi connectivity index (χ1v) is 8.19. The number of amides is 2. The van der Waals surface area contributed by atoms with Gasteiger partial charge < -0.3 is 11.1 Å². The molecule has 4 nitrogen and oxygen atoms in total. The van der Waals surface area contributed by atoms with Gasteiger partial charge in [-0.15, -0.1) is 11.3 Å². The fourth-order valence-electron chi connectivity index (χ4n) is 2.65. The lowest BCUT2D eigenvalue weighted by Gasteiger charge is -2.05. The number of hydrogen-bond donors (Lipinski definition) is 2. The molecule has 2 rings (SSSR count). The van der Waals surface area contributed by atoms with Crippen molar-refractivity contribution in [1.29, 1.82) is 0 Å². The Morgan fingerprint density at radius 3 is 2.75 bits per heavy atom. The molecule has 0 unspecified atom stereocenters. The molecule has 1 aliphatic carbocycles. The van der Waals surface area contributed by atoms with E-state index in [-0.39, 0.29) is 5.91 Å². The molecule has 0 aromatic carbocycles. The van der Waals surface area contributed by atoms with E-state index in [2.05, 4.69) is 12.2 Å². The van der Waals surface area contributed by atoms with E-state index >= 15 is 0 Å². The normalized spacial score (nSPS) is 13.2. The summed E-state index contributed by atoms with van der Waals surface area (Å²) in [4.78, 5) is 24.7. The number of nitrogens with one attached hydrogen (secondary N) is 1. The highest BCUT2D eigenvalue weighted by Gasteiger charge is 2.25. The van der Waals surface area contributed by atoms with E-state index in [0.29, 0.717) is 17.0 Å². The number of rotatable bonds is 7. The first-order chi connectivity index (χ1) is 9.63. The summed E-state index contributed by atoms with van der Waals surface area (Å²) in [5.41, 5.74) is 7.07. The van der Waals surface area contributed by atoms with Crippen LogP contribution < -0.4 is 11.1 Å². The molecule has 1 heterocycles. The first-order valence-electron chi connectivity index (χ1n) is 7.37. The number of anilines is 1. The summed E-state index contributed by atoms with van der Waals surface area (Å²) in [5, 5.41) is 3.53. The van der Waals surface area contributed by atoms with Crippen LogP contribution in [0.2, 0.25) is 0 Å². The van der Waals surface area contributed by atoms with Gasteiger partial charge in [0.1, 0.15) is 5.00 Å². The fourth-order valence-corrected chi connectivity index (χ4v) is 3.97. The SMILES string of the molecule is CCCCCCC(=O)Nc1sc2c(c1C(N)=O)CCC2. The fraction of sp³-hybridized carbons (Fsp3) is 0.600. The van der Waals surface area contributed by atoms with Gasteiger partial charge in [0.2, 0.25) is 5.91 Å². The number of aryl methyl sites for hydroxylation is 1. The zero-order chi connectivity index (χ0) is 14.5. The van der Waals surface area contributed by atoms with Crippen molar-refractivity contribution in [2.75, 3.05) is 5.32 Å². The smallest absolute Gasteiger partial charge is 0.251 e. The number of unbranched alkanes of at least 4 members (excludes halogenated alkanes) is 3. The zero-order valence-electron chi connectivity index (χ0n) is 12.0. The van der Waals surface area contributed by atoms with Crippen molar-refractivity contribution in [1.82, 2.24) is 0 Å². The summed E-state index contributed by atoms with van der Waals surface area (Å²) < 4.78 is 0. The van der Waals surface area contributed by atoms with Crippen LogP contribution in [0.1, 0.15) is 66.2 Å². The van der Waals surface area contributed by atoms with Crippen LogP contribution in [0.3, 0.4) is 0 Å². The van der Waals surface area contributed by atoms with Gasteiger partial charge in [-0.25, -0.2) is 0 Å². The number of nitrogens with two attached hydrogens (primary N) is 1. The third-order valence-electron chi connectivity index (χ3n) is 3.68. The summed E-state index contributed by atoms with van der Waals surface area (Å²) >= 11 is 1.52. The van der Waals surface area contributed by atoms with Gasteiger partial charge in [0, 0.05) is 11.3 Å². The average Bonchev–Trinajstić information content (AvgIpc) is 2.94. The summed E-state index contributed by atoms with van der Waals surface area (Å²) in [6, 6.07) is 0. The van der Waals surface area contributed by atoms with Crippen molar-refractivity contribution >= 4 is 28.2 Å². The third-order valence-corrected chi connectivity index (χ3v) is 4.89. The quantitative estimate of drug-likeness (QED) is 0.758. The van der Waals surface area contributed by atoms with Crippen molar-refractivity contribution in [3.05, 3.63) is 16.0 Å². The minimum Gasteiger partial charge on any atom is -0.365 e. The van der Waals surface area contributed by atoms with Crippen LogP contribution in [0.15, 0.2) is 0 Å². The molecule has 0 aliphatic heterocycles. The van der Waals surface area contributed by atoms with Gasteiger partial charge in [0.05, 0.1) is 5.56 Å². The third kappa shape index (κ3) is 3.39. The molecule has 0 spiro atoms. The topological polar surface area (TPSA) is 72.2 Å². The van der Waals surface area contributed by atoms with E-state index in [0.717, 1.165) is 50.5 Å². The summed E-state index contributed by atoms with van der Waals surface area (Å²) in [6.07, 6.45) is 7.78. The number of carbonyl (C=O) groups excluding carboxylic acids is 2. The predicted molar refractivity (Wildman–Crippen MR) is 82.3 cm³/mol. The molecule has 0 fully saturated rings. The summed E-state index contributed by atoms with van der Waals surface area (Å²) in [7, 11) is 0. The molecule has 5 heteroatoms. The predicted octanol–water partition coefficient (Wildman–Crippen LogP) is 3.24. The van der Waals surface area contributed by atoms with Crippen LogP contribution in [0.4, 0.5) is 5.00 Å². The highest BCUT2D eigenvalue weighted by molar-refractivity contribution is 7.17. The molecule has 2 amide bonds. The van der Waals surface area contributed by atoms with Gasteiger partial charge in [-0.1, -0.05) is 26.2 Å². The highest BCUT2D eigenvalue weighted by atomic mass is 32.1. The molecule has 110 valence electrons. The summed E-state index contributed by atoms with van der Waals surface area (Å²) in [5.74, 6) is -0.436. The minimum absolute atomic E-state index is 0.0106. The van der Waals surface area contributed by atoms with Crippen molar-refractivity contribution in [3.63, 3.8) is 0 Å². The number of thiophene rings is 1. The molecule has 1 aromatic rings. The molecule has 0 saturated carbocycles. The van der Waals surface area contributed by atoms with E-state index in [1.165, 1.54) is 16.2 Å². The Kier molecular flexibility index (Phi) is 5.17. The van der Waals surface area contributed by atoms with Crippen molar-refractivity contribution in [2.45, 2.75) is 58.3 Å². The lowest BCUT2D eigenvalue weighted by atomic mass is 10.1. The molecule has 1 aromatic heterocycles. The van der Waals surface area contributed by atoms with Crippen LogP contribution in [-0.4, -0.2) is 11.8 Å². The maximum absolute atomic E-state index is 11.9. The number of fused-ring (bicyclic) bond motifs is 1. The van der Waals surface area contributed by atoms with Crippen LogP contribution in [0.5, 0.6) is 0 Å². The van der Waals surface area contributed by atoms with Gasteiger partial charge in [-0.2, -0.15) is 0 Å². The van der Waals surface area contributed by atoms with Crippen molar-refractivity contribution in [3.8, 4) is 0 Å². The van der Waals surface area contributed by atoms with Crippen LogP contribution >= 0.6 is 11.3 Å². The zero-order valence-corrected chi connectivity index (χ0v) is 12.8. The number of carbonyl (C=O) groups is 2. The molecule has 0 radical (unpaired) electrons. The lowest BCUT2D eigenvalue weighted by molar-refractivity contribution is -0.116. The maximum atomic E-state index is 11.9. The Bertz CT molecular complexity index is 508. The second-order valence-electron chi connectivity index (χ2n) is 5.28. The van der Waals surface area contributed by atoms with Gasteiger partial charge in [-0.3, -0.25) is 9.59 Å². The van der Waals surface area contributed by atoms with E-state index in [4.69, 9.17) is 5.73 Å². The molecule has 0 saturated heterocycles. The second-order valence-corrected chi connectivity index (χ2v) is 6.39. The summed E-state index contributed by atoms with van der Waals surface area (Å²) in [6.45, 7) is 2.15. The van der Waals surface area contributed by atoms with Crippen LogP contribution in [-0.2, 0) is 17.6 Å². The highest BCUT2D eigenvalue weighted by Crippen LogP contribution is 2.38. The molecule has 1 aliphatic rings. The molecule has 0 atom stereocenters. The molecule has 0 bridgehead atoms. The number of primary amides is 1. The molecule has 20 heavy (non-hydrogen) atoms. The monoisotopic (exact) mass is 294 g/mol. The van der Waals surface area contributed by atoms with Gasteiger partial charge in [-0.05, 0) is 31.2 Å². The Morgan fingerprint density at radius 1 is 1.25 bits per heavy atom. The standard InChI is InChI=1S/C15H22N2O2S/c1-2-3-4-5-9-12(18)17-15-13(14(16)19)10-7-6-8-11(10)20-15/h2-9H2,1H3,(H2,16,19)(H,17,18). The maximum Gasteiger partial charge on any atom is 0.251 e. The van der Waals surface area contributed by atoms with Crippen LogP contribution in [0.25, 0.3) is 0 Å². The van der Waals surface area contributed by atoms with Crippen LogP contribution in [0, 0.1) is 0 Å². The second kappa shape index (κ2) is 6.88. The van der Waals surface area contributed by atoms with Crippen molar-refractivity contribution < 1.29 is 9.59 Å². The molecular formula is C15H22N2O2S. The van der Waals surface area contributed by atoms with Crippen molar-refractivity contribution in [2.24, 2.45) is 5.73 Å². The van der Waals surface area contributed by atoms with E-state index in [9.17, 15) is 9.59 Å². The van der Waals surface area contributed by atoms with E-state index in [1.54, 1.807) is 0 Å². The van der Waals surface area contributed by atoms with Gasteiger partial charge in [0.25, 0.3) is 5.91 Å². The Morgan fingerprint density at radius 2 is 2.05 bits per heavy atom. The van der Waals surface area contributed by atoms with Gasteiger partial charge >= 0.3 is 0 Å². The Balaban J connectivity index is 1.99. The van der Waals surface area contributed by atoms with Gasteiger partial charge in [0.15, 0.2) is 0 Å². The van der Waals surface area contributed by atoms with E-state index in [1.807, 2.05) is 0 Å². The number of hydrogen-bond acceptors (Lipinski definition) is 3. The molecular weight excluding hydrogens is 272 g/mol. The van der Waals surface area contributed by atoms with E-state index < -0.39 is 5.91 Å². The first kappa shape index (κ1) is 15.0. The Labute approximate surface area is 123 Å². The largest absolute Gasteiger partial charge is 0.365 e. The lowest BCUT2D eigenvalue weighted by Crippen LogP contribution is -2.17. The molecule has 3 N–H and O–H groups in total.